The predicted molar refractivity (Wildman–Crippen MR) is 91.0 cm³/mol. The van der Waals surface area contributed by atoms with Crippen LogP contribution in [0.25, 0.3) is 0 Å². The van der Waals surface area contributed by atoms with E-state index in [4.69, 9.17) is 16.0 Å². The van der Waals surface area contributed by atoms with E-state index in [1.165, 1.54) is 18.4 Å². The van der Waals surface area contributed by atoms with Crippen molar-refractivity contribution < 1.29 is 17.6 Å². The molecule has 1 aromatic carbocycles. The lowest BCUT2D eigenvalue weighted by Gasteiger charge is -2.21. The highest BCUT2D eigenvalue weighted by molar-refractivity contribution is 7.89. The molecule has 8 heteroatoms. The zero-order valence-electron chi connectivity index (χ0n) is 13.3. The van der Waals surface area contributed by atoms with Crippen LogP contribution in [0.3, 0.4) is 0 Å². The molecule has 0 aliphatic rings. The molecule has 2 aromatic rings. The zero-order chi connectivity index (χ0) is 17.7. The van der Waals surface area contributed by atoms with Gasteiger partial charge in [0.25, 0.3) is 0 Å². The lowest BCUT2D eigenvalue weighted by molar-refractivity contribution is -0.123. The summed E-state index contributed by atoms with van der Waals surface area (Å²) in [6.07, 6.45) is 1.50. The third-order valence-corrected chi connectivity index (χ3v) is 5.32. The second kappa shape index (κ2) is 7.83. The van der Waals surface area contributed by atoms with Gasteiger partial charge in [0, 0.05) is 0 Å². The van der Waals surface area contributed by atoms with Gasteiger partial charge < -0.3 is 9.73 Å². The van der Waals surface area contributed by atoms with Gasteiger partial charge in [0.05, 0.1) is 17.8 Å². The van der Waals surface area contributed by atoms with Crippen LogP contribution < -0.4 is 10.0 Å². The molecule has 1 amide bonds. The SMILES string of the molecule is CC(C)[C@H](NS(=O)(=O)c1ccccc1Cl)C(=O)NCc1ccco1. The summed E-state index contributed by atoms with van der Waals surface area (Å²) in [6.45, 7) is 3.70. The summed E-state index contributed by atoms with van der Waals surface area (Å²) < 4.78 is 32.6. The number of rotatable bonds is 7. The Morgan fingerprint density at radius 2 is 1.92 bits per heavy atom. The summed E-state index contributed by atoms with van der Waals surface area (Å²) in [5.74, 6) is -0.101. The number of halogens is 1. The minimum atomic E-state index is -3.92. The summed E-state index contributed by atoms with van der Waals surface area (Å²) in [6, 6.07) is 8.58. The molecule has 0 radical (unpaired) electrons. The van der Waals surface area contributed by atoms with Crippen molar-refractivity contribution in [3.63, 3.8) is 0 Å². The molecule has 2 N–H and O–H groups in total. The van der Waals surface area contributed by atoms with Crippen molar-refractivity contribution >= 4 is 27.5 Å². The van der Waals surface area contributed by atoms with Crippen LogP contribution in [-0.4, -0.2) is 20.4 Å². The molecular formula is C16H19ClN2O4S. The van der Waals surface area contributed by atoms with Gasteiger partial charge in [0.2, 0.25) is 15.9 Å². The van der Waals surface area contributed by atoms with Gasteiger partial charge in [0.15, 0.2) is 0 Å². The number of hydrogen-bond donors (Lipinski definition) is 2. The minimum Gasteiger partial charge on any atom is -0.467 e. The molecule has 2 rings (SSSR count). The van der Waals surface area contributed by atoms with Gasteiger partial charge in [-0.1, -0.05) is 37.6 Å². The Kier molecular flexibility index (Phi) is 6.04. The van der Waals surface area contributed by atoms with Gasteiger partial charge in [-0.3, -0.25) is 4.79 Å². The van der Waals surface area contributed by atoms with Crippen LogP contribution in [0.5, 0.6) is 0 Å². The third kappa shape index (κ3) is 4.59. The Labute approximate surface area is 146 Å². The van der Waals surface area contributed by atoms with E-state index >= 15 is 0 Å². The molecule has 0 unspecified atom stereocenters. The van der Waals surface area contributed by atoms with Gasteiger partial charge in [0.1, 0.15) is 16.7 Å². The normalized spacial score (nSPS) is 13.0. The van der Waals surface area contributed by atoms with Crippen molar-refractivity contribution in [3.8, 4) is 0 Å². The Balaban J connectivity index is 2.13. The van der Waals surface area contributed by atoms with Crippen LogP contribution in [0.1, 0.15) is 19.6 Å². The highest BCUT2D eigenvalue weighted by Crippen LogP contribution is 2.21. The molecule has 0 saturated heterocycles. The van der Waals surface area contributed by atoms with E-state index in [1.807, 2.05) is 0 Å². The first-order chi connectivity index (χ1) is 11.3. The average molecular weight is 371 g/mol. The van der Waals surface area contributed by atoms with E-state index in [1.54, 1.807) is 38.1 Å². The lowest BCUT2D eigenvalue weighted by atomic mass is 10.1. The molecule has 0 bridgehead atoms. The van der Waals surface area contributed by atoms with Gasteiger partial charge in [-0.2, -0.15) is 4.72 Å². The van der Waals surface area contributed by atoms with Gasteiger partial charge >= 0.3 is 0 Å². The summed E-state index contributed by atoms with van der Waals surface area (Å²) in [7, 11) is -3.92. The highest BCUT2D eigenvalue weighted by Gasteiger charge is 2.29. The molecule has 1 heterocycles. The Hall–Kier alpha value is -1.83. The molecule has 0 aliphatic heterocycles. The number of carbonyl (C=O) groups excluding carboxylic acids is 1. The fourth-order valence-electron chi connectivity index (χ4n) is 2.08. The number of nitrogens with one attached hydrogen (secondary N) is 2. The fourth-order valence-corrected chi connectivity index (χ4v) is 3.95. The number of benzene rings is 1. The van der Waals surface area contributed by atoms with E-state index in [2.05, 4.69) is 10.0 Å². The number of furan rings is 1. The molecule has 1 aromatic heterocycles. The molecule has 1 atom stereocenters. The van der Waals surface area contributed by atoms with Crippen LogP contribution in [-0.2, 0) is 21.4 Å². The van der Waals surface area contributed by atoms with Crippen molar-refractivity contribution in [2.75, 3.05) is 0 Å². The largest absolute Gasteiger partial charge is 0.467 e. The molecule has 0 aliphatic carbocycles. The number of sulfonamides is 1. The molecule has 0 saturated carbocycles. The maximum absolute atomic E-state index is 12.5. The standard InChI is InChI=1S/C16H19ClN2O4S/c1-11(2)15(16(20)18-10-12-6-5-9-23-12)19-24(21,22)14-8-4-3-7-13(14)17/h3-9,11,15,19H,10H2,1-2H3,(H,18,20)/t15-/m0/s1. The molecule has 0 fully saturated rings. The van der Waals surface area contributed by atoms with Crippen LogP contribution in [0.4, 0.5) is 0 Å². The molecule has 0 spiro atoms. The van der Waals surface area contributed by atoms with Gasteiger partial charge in [-0.15, -0.1) is 0 Å². The van der Waals surface area contributed by atoms with E-state index in [-0.39, 0.29) is 22.4 Å². The number of hydrogen-bond acceptors (Lipinski definition) is 4. The second-order valence-corrected chi connectivity index (χ2v) is 7.66. The fraction of sp³-hybridized carbons (Fsp3) is 0.312. The van der Waals surface area contributed by atoms with Crippen molar-refractivity contribution in [3.05, 3.63) is 53.4 Å². The van der Waals surface area contributed by atoms with Crippen molar-refractivity contribution in [2.24, 2.45) is 5.92 Å². The van der Waals surface area contributed by atoms with Gasteiger partial charge in [-0.05, 0) is 30.2 Å². The summed E-state index contributed by atoms with van der Waals surface area (Å²) in [5, 5.41) is 2.76. The van der Waals surface area contributed by atoms with E-state index in [0.717, 1.165) is 0 Å². The van der Waals surface area contributed by atoms with Gasteiger partial charge in [-0.25, -0.2) is 8.42 Å². The summed E-state index contributed by atoms with van der Waals surface area (Å²) in [5.41, 5.74) is 0. The second-order valence-electron chi connectivity index (χ2n) is 5.57. The summed E-state index contributed by atoms with van der Waals surface area (Å²) >= 11 is 5.95. The van der Waals surface area contributed by atoms with Crippen LogP contribution in [0, 0.1) is 5.92 Å². The quantitative estimate of drug-likeness (QED) is 0.783. The Bertz CT molecular complexity index is 788. The number of amides is 1. The molecule has 6 nitrogen and oxygen atoms in total. The Morgan fingerprint density at radius 3 is 2.50 bits per heavy atom. The average Bonchev–Trinajstić information content (AvgIpc) is 3.04. The third-order valence-electron chi connectivity index (χ3n) is 3.37. The van der Waals surface area contributed by atoms with E-state index in [0.29, 0.717) is 5.76 Å². The lowest BCUT2D eigenvalue weighted by Crippen LogP contribution is -2.49. The highest BCUT2D eigenvalue weighted by atomic mass is 35.5. The first kappa shape index (κ1) is 18.5. The summed E-state index contributed by atoms with van der Waals surface area (Å²) in [4.78, 5) is 12.3. The predicted octanol–water partition coefficient (Wildman–Crippen LogP) is 2.55. The maximum atomic E-state index is 12.5. The smallest absolute Gasteiger partial charge is 0.242 e. The number of carbonyl (C=O) groups is 1. The van der Waals surface area contributed by atoms with E-state index < -0.39 is 22.0 Å². The minimum absolute atomic E-state index is 0.0591. The topological polar surface area (TPSA) is 88.4 Å². The maximum Gasteiger partial charge on any atom is 0.242 e. The molecule has 24 heavy (non-hydrogen) atoms. The van der Waals surface area contributed by atoms with Crippen LogP contribution in [0.15, 0.2) is 52.0 Å². The van der Waals surface area contributed by atoms with Crippen LogP contribution in [0.2, 0.25) is 5.02 Å². The zero-order valence-corrected chi connectivity index (χ0v) is 14.9. The van der Waals surface area contributed by atoms with E-state index in [9.17, 15) is 13.2 Å². The Morgan fingerprint density at radius 1 is 1.21 bits per heavy atom. The first-order valence-corrected chi connectivity index (χ1v) is 9.24. The molecule has 130 valence electrons. The van der Waals surface area contributed by atoms with Crippen LogP contribution >= 0.6 is 11.6 Å². The van der Waals surface area contributed by atoms with Crippen molar-refractivity contribution in [1.82, 2.24) is 10.0 Å². The monoisotopic (exact) mass is 370 g/mol. The first-order valence-electron chi connectivity index (χ1n) is 7.38. The van der Waals surface area contributed by atoms with Crippen molar-refractivity contribution in [2.45, 2.75) is 31.3 Å². The molecular weight excluding hydrogens is 352 g/mol. The van der Waals surface area contributed by atoms with Crippen molar-refractivity contribution in [1.29, 1.82) is 0 Å².